The maximum Gasteiger partial charge on any atom is 0.247 e. The molecule has 0 spiro atoms. The van der Waals surface area contributed by atoms with Gasteiger partial charge in [-0.2, -0.15) is 5.10 Å². The summed E-state index contributed by atoms with van der Waals surface area (Å²) in [7, 11) is 3.90. The molecule has 0 aromatic carbocycles. The van der Waals surface area contributed by atoms with Crippen molar-refractivity contribution in [1.82, 2.24) is 24.7 Å². The van der Waals surface area contributed by atoms with Crippen molar-refractivity contribution < 1.29 is 4.79 Å². The lowest BCUT2D eigenvalue weighted by Crippen LogP contribution is -2.19. The zero-order valence-corrected chi connectivity index (χ0v) is 18.6. The van der Waals surface area contributed by atoms with Gasteiger partial charge >= 0.3 is 0 Å². The first-order valence-electron chi connectivity index (χ1n) is 10.3. The van der Waals surface area contributed by atoms with Crippen LogP contribution in [0.25, 0.3) is 22.3 Å². The number of pyridine rings is 3. The van der Waals surface area contributed by atoms with Gasteiger partial charge in [-0.15, -0.1) is 0 Å². The number of aryl methyl sites for hydroxylation is 2. The van der Waals surface area contributed by atoms with E-state index in [2.05, 4.69) is 25.4 Å². The molecule has 4 aromatic heterocycles. The molecule has 0 aliphatic rings. The van der Waals surface area contributed by atoms with Crippen LogP contribution in [0.15, 0.2) is 61.2 Å². The molecule has 0 saturated carbocycles. The number of carbonyl (C=O) groups is 1. The van der Waals surface area contributed by atoms with Gasteiger partial charge in [0.25, 0.3) is 0 Å². The Balaban J connectivity index is 1.41. The van der Waals surface area contributed by atoms with E-state index < -0.39 is 0 Å². The summed E-state index contributed by atoms with van der Waals surface area (Å²) in [6.07, 6.45) is 7.19. The summed E-state index contributed by atoms with van der Waals surface area (Å²) < 4.78 is 1.64. The fourth-order valence-corrected chi connectivity index (χ4v) is 3.38. The maximum absolute atomic E-state index is 12.5. The molecule has 4 heterocycles. The zero-order chi connectivity index (χ0) is 22.7. The molecule has 0 radical (unpaired) electrons. The number of amides is 1. The second-order valence-corrected chi connectivity index (χ2v) is 7.79. The van der Waals surface area contributed by atoms with E-state index in [1.54, 1.807) is 23.1 Å². The predicted molar refractivity (Wildman–Crippen MR) is 125 cm³/mol. The number of aromatic nitrogens is 5. The lowest BCUT2D eigenvalue weighted by atomic mass is 10.1. The Hall–Kier alpha value is -4.07. The summed E-state index contributed by atoms with van der Waals surface area (Å²) in [6, 6.07) is 11.6. The van der Waals surface area contributed by atoms with E-state index in [9.17, 15) is 4.79 Å². The second-order valence-electron chi connectivity index (χ2n) is 7.79. The highest BCUT2D eigenvalue weighted by Gasteiger charge is 2.11. The molecule has 162 valence electrons. The fourth-order valence-electron chi connectivity index (χ4n) is 3.38. The topological polar surface area (TPSA) is 88.8 Å². The third-order valence-corrected chi connectivity index (χ3v) is 5.03. The summed E-state index contributed by atoms with van der Waals surface area (Å²) in [5.74, 6) is 1.19. The van der Waals surface area contributed by atoms with Crippen molar-refractivity contribution in [2.45, 2.75) is 20.4 Å². The van der Waals surface area contributed by atoms with Gasteiger partial charge in [0.1, 0.15) is 18.2 Å². The minimum atomic E-state index is -0.192. The number of nitrogens with one attached hydrogen (secondary N) is 1. The van der Waals surface area contributed by atoms with Crippen molar-refractivity contribution >= 4 is 17.5 Å². The Morgan fingerprint density at radius 1 is 0.969 bits per heavy atom. The Kier molecular flexibility index (Phi) is 5.93. The highest BCUT2D eigenvalue weighted by Crippen LogP contribution is 2.23. The third-order valence-electron chi connectivity index (χ3n) is 5.03. The molecule has 0 aliphatic heterocycles. The smallest absolute Gasteiger partial charge is 0.247 e. The third kappa shape index (κ3) is 4.80. The van der Waals surface area contributed by atoms with Crippen molar-refractivity contribution in [3.05, 3.63) is 72.6 Å². The van der Waals surface area contributed by atoms with Crippen LogP contribution in [0.1, 0.15) is 11.4 Å². The Morgan fingerprint density at radius 3 is 2.34 bits per heavy atom. The highest BCUT2D eigenvalue weighted by molar-refractivity contribution is 5.89. The molecule has 8 heteroatoms. The average molecular weight is 428 g/mol. The summed E-state index contributed by atoms with van der Waals surface area (Å²) in [5, 5.41) is 7.30. The molecule has 1 amide bonds. The van der Waals surface area contributed by atoms with Gasteiger partial charge in [0.05, 0.1) is 5.69 Å². The van der Waals surface area contributed by atoms with Gasteiger partial charge in [0.15, 0.2) is 0 Å². The molecule has 0 aliphatic carbocycles. The number of carbonyl (C=O) groups excluding carboxylic acids is 1. The molecule has 32 heavy (non-hydrogen) atoms. The van der Waals surface area contributed by atoms with Crippen molar-refractivity contribution in [3.8, 4) is 22.3 Å². The molecule has 0 saturated heterocycles. The Labute approximate surface area is 187 Å². The van der Waals surface area contributed by atoms with Crippen LogP contribution < -0.4 is 10.2 Å². The summed E-state index contributed by atoms with van der Waals surface area (Å²) in [4.78, 5) is 27.5. The monoisotopic (exact) mass is 427 g/mol. The van der Waals surface area contributed by atoms with E-state index in [0.717, 1.165) is 39.5 Å². The number of hydrogen-bond donors (Lipinski definition) is 1. The predicted octanol–water partition coefficient (Wildman–Crippen LogP) is 3.72. The minimum Gasteiger partial charge on any atom is -0.363 e. The van der Waals surface area contributed by atoms with Gasteiger partial charge in [0, 0.05) is 61.3 Å². The lowest BCUT2D eigenvalue weighted by Gasteiger charge is -2.11. The van der Waals surface area contributed by atoms with Crippen LogP contribution in [0.3, 0.4) is 0 Å². The molecule has 0 atom stereocenters. The van der Waals surface area contributed by atoms with Gasteiger partial charge in [-0.1, -0.05) is 0 Å². The van der Waals surface area contributed by atoms with Crippen molar-refractivity contribution in [2.24, 2.45) is 0 Å². The van der Waals surface area contributed by atoms with Crippen LogP contribution in [0, 0.1) is 13.8 Å². The van der Waals surface area contributed by atoms with Crippen LogP contribution >= 0.6 is 0 Å². The maximum atomic E-state index is 12.5. The van der Waals surface area contributed by atoms with E-state index in [1.165, 1.54) is 0 Å². The summed E-state index contributed by atoms with van der Waals surface area (Å²) in [5.41, 5.74) is 5.71. The summed E-state index contributed by atoms with van der Waals surface area (Å²) >= 11 is 0. The molecule has 1 N–H and O–H groups in total. The van der Waals surface area contributed by atoms with Gasteiger partial charge in [-0.25, -0.2) is 9.97 Å². The van der Waals surface area contributed by atoms with Crippen LogP contribution in [-0.4, -0.2) is 44.7 Å². The van der Waals surface area contributed by atoms with E-state index >= 15 is 0 Å². The quantitative estimate of drug-likeness (QED) is 0.504. The Bertz CT molecular complexity index is 1230. The number of nitrogens with zero attached hydrogens (tertiary/aromatic N) is 6. The zero-order valence-electron chi connectivity index (χ0n) is 18.6. The van der Waals surface area contributed by atoms with Crippen molar-refractivity contribution in [1.29, 1.82) is 0 Å². The first-order chi connectivity index (χ1) is 15.4. The molecular weight excluding hydrogens is 402 g/mol. The van der Waals surface area contributed by atoms with Crippen LogP contribution in [0.5, 0.6) is 0 Å². The molecule has 0 bridgehead atoms. The van der Waals surface area contributed by atoms with E-state index in [0.29, 0.717) is 5.82 Å². The van der Waals surface area contributed by atoms with E-state index in [-0.39, 0.29) is 12.5 Å². The van der Waals surface area contributed by atoms with Crippen molar-refractivity contribution in [2.75, 3.05) is 24.3 Å². The lowest BCUT2D eigenvalue weighted by molar-refractivity contribution is -0.116. The standard InChI is InChI=1S/C24H25N7O/c1-16-11-18(9-10-25-16)21-14-31(29-17(21)2)15-24(32)28-22-7-5-19(12-26-22)20-6-8-23(27-13-20)30(3)4/h5-14H,15H2,1-4H3,(H,26,28,32). The van der Waals surface area contributed by atoms with Crippen molar-refractivity contribution in [3.63, 3.8) is 0 Å². The van der Waals surface area contributed by atoms with Crippen LogP contribution in [0.4, 0.5) is 11.6 Å². The van der Waals surface area contributed by atoms with Gasteiger partial charge in [0.2, 0.25) is 5.91 Å². The molecular formula is C24H25N7O. The first-order valence-corrected chi connectivity index (χ1v) is 10.3. The number of rotatable bonds is 6. The highest BCUT2D eigenvalue weighted by atomic mass is 16.2. The van der Waals surface area contributed by atoms with Crippen LogP contribution in [0.2, 0.25) is 0 Å². The molecule has 4 aromatic rings. The Morgan fingerprint density at radius 2 is 1.72 bits per heavy atom. The molecule has 8 nitrogen and oxygen atoms in total. The number of anilines is 2. The summed E-state index contributed by atoms with van der Waals surface area (Å²) in [6.45, 7) is 3.98. The van der Waals surface area contributed by atoms with Crippen LogP contribution in [-0.2, 0) is 11.3 Å². The molecule has 4 rings (SSSR count). The van der Waals surface area contributed by atoms with E-state index in [1.807, 2.05) is 75.6 Å². The van der Waals surface area contributed by atoms with E-state index in [4.69, 9.17) is 0 Å². The normalized spacial score (nSPS) is 10.8. The van der Waals surface area contributed by atoms with Gasteiger partial charge < -0.3 is 10.2 Å². The number of hydrogen-bond acceptors (Lipinski definition) is 6. The average Bonchev–Trinajstić information content (AvgIpc) is 3.14. The molecule has 0 unspecified atom stereocenters. The van der Waals surface area contributed by atoms with Gasteiger partial charge in [-0.05, 0) is 55.8 Å². The fraction of sp³-hybridized carbons (Fsp3) is 0.208. The molecule has 0 fully saturated rings. The minimum absolute atomic E-state index is 0.101. The first kappa shape index (κ1) is 21.2. The SMILES string of the molecule is Cc1cc(-c2cn(CC(=O)Nc3ccc(-c4ccc(N(C)C)nc4)cn3)nc2C)ccn1. The second kappa shape index (κ2) is 8.97. The van der Waals surface area contributed by atoms with Gasteiger partial charge in [-0.3, -0.25) is 14.5 Å². The largest absolute Gasteiger partial charge is 0.363 e.